The zero-order valence-electron chi connectivity index (χ0n) is 37.0. The van der Waals surface area contributed by atoms with E-state index in [0.717, 1.165) is 60.6 Å². The summed E-state index contributed by atoms with van der Waals surface area (Å²) in [5.41, 5.74) is 2.69. The number of allylic oxidation sites excluding steroid dienone is 1. The van der Waals surface area contributed by atoms with Crippen molar-refractivity contribution in [3.8, 4) is 17.3 Å². The average Bonchev–Trinajstić information content (AvgIpc) is 4.06. The van der Waals surface area contributed by atoms with Crippen molar-refractivity contribution in [2.24, 2.45) is 5.92 Å². The van der Waals surface area contributed by atoms with Crippen LogP contribution in [0, 0.1) is 12.8 Å². The number of hydrogen-bond acceptors (Lipinski definition) is 11. The molecule has 4 amide bonds. The van der Waals surface area contributed by atoms with Crippen LogP contribution in [-0.4, -0.2) is 88.7 Å². The van der Waals surface area contributed by atoms with Gasteiger partial charge in [0.1, 0.15) is 40.9 Å². The van der Waals surface area contributed by atoms with Crippen molar-refractivity contribution < 1.29 is 41.5 Å². The minimum absolute atomic E-state index is 0.00421. The van der Waals surface area contributed by atoms with Gasteiger partial charge in [-0.2, -0.15) is 4.98 Å². The zero-order valence-corrected chi connectivity index (χ0v) is 37.8. The lowest BCUT2D eigenvalue weighted by Gasteiger charge is -2.30. The van der Waals surface area contributed by atoms with Crippen LogP contribution < -0.4 is 20.1 Å². The smallest absolute Gasteiger partial charge is 0.408 e. The molecule has 64 heavy (non-hydrogen) atoms. The number of ether oxygens (including phenoxy) is 2. The Hall–Kier alpha value is -5.51. The maximum absolute atomic E-state index is 14.9. The van der Waals surface area contributed by atoms with Gasteiger partial charge in [0.25, 0.3) is 11.8 Å². The van der Waals surface area contributed by atoms with E-state index in [1.165, 1.54) is 4.90 Å². The maximum atomic E-state index is 14.9. The molecule has 1 saturated heterocycles. The van der Waals surface area contributed by atoms with Crippen molar-refractivity contribution >= 4 is 55.9 Å². The number of para-hydroxylation sites is 1. The molecule has 9 rings (SSSR count). The monoisotopic (exact) mass is 894 g/mol. The summed E-state index contributed by atoms with van der Waals surface area (Å²) in [6.45, 7) is 8.31. The molecule has 4 heterocycles. The molecule has 5 unspecified atom stereocenters. The predicted molar refractivity (Wildman–Crippen MR) is 240 cm³/mol. The van der Waals surface area contributed by atoms with E-state index in [4.69, 9.17) is 23.9 Å². The maximum Gasteiger partial charge on any atom is 0.408 e. The molecule has 5 atom stereocenters. The third-order valence-electron chi connectivity index (χ3n) is 13.5. The molecule has 5 aliphatic rings. The van der Waals surface area contributed by atoms with Gasteiger partial charge in [0.15, 0.2) is 5.82 Å². The summed E-state index contributed by atoms with van der Waals surface area (Å²) in [4.78, 5) is 68.2. The number of carbonyl (C=O) groups excluding carboxylic acids is 4. The van der Waals surface area contributed by atoms with Crippen LogP contribution in [0.4, 0.5) is 4.79 Å². The number of fused-ring (bicyclic) bond motifs is 5. The lowest BCUT2D eigenvalue weighted by molar-refractivity contribution is -0.141. The number of benzene rings is 2. The highest BCUT2D eigenvalue weighted by molar-refractivity contribution is 7.91. The van der Waals surface area contributed by atoms with E-state index in [9.17, 15) is 27.6 Å². The Kier molecular flexibility index (Phi) is 11.7. The van der Waals surface area contributed by atoms with Gasteiger partial charge in [-0.15, -0.1) is 0 Å². The normalized spacial score (nSPS) is 26.3. The quantitative estimate of drug-likeness (QED) is 0.153. The summed E-state index contributed by atoms with van der Waals surface area (Å²) < 4.78 is 47.2. The fourth-order valence-electron chi connectivity index (χ4n) is 9.45. The summed E-state index contributed by atoms with van der Waals surface area (Å²) in [7, 11) is -3.92. The summed E-state index contributed by atoms with van der Waals surface area (Å²) in [6.07, 6.45) is 9.88. The first-order chi connectivity index (χ1) is 30.6. The number of amides is 4. The first-order valence-electron chi connectivity index (χ1n) is 22.9. The van der Waals surface area contributed by atoms with E-state index in [-0.39, 0.29) is 36.8 Å². The number of nitrogens with zero attached hydrogens (tertiary/aromatic N) is 3. The third kappa shape index (κ3) is 8.94. The van der Waals surface area contributed by atoms with Gasteiger partial charge in [0, 0.05) is 23.3 Å². The summed E-state index contributed by atoms with van der Waals surface area (Å²) in [5, 5.41) is 5.91. The number of carbonyl (C=O) groups is 4. The summed E-state index contributed by atoms with van der Waals surface area (Å²) in [6, 6.07) is 11.7. The topological polar surface area (TPSA) is 199 Å². The molecule has 3 saturated carbocycles. The van der Waals surface area contributed by atoms with Crippen molar-refractivity contribution in [2.75, 3.05) is 6.54 Å². The van der Waals surface area contributed by atoms with Gasteiger partial charge in [-0.05, 0) is 93.7 Å². The summed E-state index contributed by atoms with van der Waals surface area (Å²) >= 11 is 0. The van der Waals surface area contributed by atoms with Gasteiger partial charge in [0.05, 0.1) is 11.8 Å². The number of sulfonamides is 1. The average molecular weight is 895 g/mol. The van der Waals surface area contributed by atoms with Crippen LogP contribution in [0.1, 0.15) is 115 Å². The van der Waals surface area contributed by atoms with Gasteiger partial charge >= 0.3 is 6.09 Å². The molecular formula is C48H58N6O9S. The van der Waals surface area contributed by atoms with Crippen molar-refractivity contribution in [3.63, 3.8) is 0 Å². The van der Waals surface area contributed by atoms with Crippen LogP contribution in [0.3, 0.4) is 0 Å². The van der Waals surface area contributed by atoms with Crippen LogP contribution in [0.2, 0.25) is 0 Å². The van der Waals surface area contributed by atoms with E-state index in [1.54, 1.807) is 0 Å². The largest absolute Gasteiger partial charge is 0.470 e. The minimum atomic E-state index is -3.92. The zero-order chi connectivity index (χ0) is 45.0. The van der Waals surface area contributed by atoms with Crippen LogP contribution >= 0.6 is 0 Å². The van der Waals surface area contributed by atoms with Crippen molar-refractivity contribution in [1.82, 2.24) is 30.2 Å². The van der Waals surface area contributed by atoms with Crippen molar-refractivity contribution in [3.05, 3.63) is 65.7 Å². The van der Waals surface area contributed by atoms with E-state index < -0.39 is 68.7 Å². The Balaban J connectivity index is 1.06. The van der Waals surface area contributed by atoms with Crippen molar-refractivity contribution in [1.29, 1.82) is 0 Å². The van der Waals surface area contributed by atoms with Crippen LogP contribution in [-0.2, 0) is 34.6 Å². The Labute approximate surface area is 373 Å². The van der Waals surface area contributed by atoms with Gasteiger partial charge in [-0.1, -0.05) is 82.2 Å². The number of furan rings is 1. The lowest BCUT2D eigenvalue weighted by atomic mass is 9.87. The Morgan fingerprint density at radius 1 is 0.922 bits per heavy atom. The number of aromatic nitrogens is 2. The fraction of sp³-hybridized carbons (Fsp3) is 0.542. The van der Waals surface area contributed by atoms with Gasteiger partial charge in [0.2, 0.25) is 27.4 Å². The van der Waals surface area contributed by atoms with E-state index in [1.807, 2.05) is 49.4 Å². The number of hydrogen-bond donors (Lipinski definition) is 3. The van der Waals surface area contributed by atoms with Gasteiger partial charge in [-0.3, -0.25) is 19.1 Å². The molecule has 0 radical (unpaired) electrons. The molecule has 0 spiro atoms. The standard InChI is InChI=1S/C48H58N6O9S/c1-28-13-12-17-35-38-40(63-39(28)35)43(51-41(50-38)29-19-21-30(22-20-29)47(2,3)4)61-33-25-37-42(55)52-48(45(57)53-64(59,60)34-23-24-34)26-31(48)14-8-6-5-7-9-18-36(44(56)54(37)27-33)49-46(58)62-32-15-10-11-16-32/h8,12-14,17,19-22,31-34,36-37H,5-7,9-11,15-16,18,23-27H2,1-4H3,(H,49,58)(H,52,55)(H,53,57)/b14-8-. The number of aryl methyl sites for hydroxylation is 1. The van der Waals surface area contributed by atoms with Crippen LogP contribution in [0.25, 0.3) is 33.5 Å². The Morgan fingerprint density at radius 2 is 1.67 bits per heavy atom. The molecule has 16 heteroatoms. The summed E-state index contributed by atoms with van der Waals surface area (Å²) in [5.74, 6) is -1.83. The molecule has 15 nitrogen and oxygen atoms in total. The second-order valence-corrected chi connectivity index (χ2v) is 21.4. The minimum Gasteiger partial charge on any atom is -0.470 e. The highest BCUT2D eigenvalue weighted by atomic mass is 32.2. The molecule has 2 aliphatic heterocycles. The Bertz CT molecular complexity index is 2610. The first-order valence-corrected chi connectivity index (χ1v) is 24.4. The SMILES string of the molecule is Cc1cccc2c1oc1c(OC3CC4C(=O)NC5(C(=O)NS(=O)(=O)C6CC6)CC5/C=C\CCCCCC(NC(=O)OC5CCCC5)C(=O)N4C3)nc(-c3ccc(C(C)(C)C)cc3)nc12. The molecule has 3 N–H and O–H groups in total. The van der Waals surface area contributed by atoms with Crippen LogP contribution in [0.15, 0.2) is 59.0 Å². The fourth-order valence-corrected chi connectivity index (χ4v) is 10.8. The molecule has 4 aromatic rings. The molecular weight excluding hydrogens is 837 g/mol. The Morgan fingerprint density at radius 3 is 2.41 bits per heavy atom. The molecule has 340 valence electrons. The molecule has 4 fully saturated rings. The molecule has 2 aromatic heterocycles. The molecule has 3 aliphatic carbocycles. The second kappa shape index (κ2) is 17.1. The van der Waals surface area contributed by atoms with E-state index in [2.05, 4.69) is 48.3 Å². The highest BCUT2D eigenvalue weighted by Gasteiger charge is 2.62. The van der Waals surface area contributed by atoms with E-state index >= 15 is 0 Å². The van der Waals surface area contributed by atoms with Crippen molar-refractivity contribution in [2.45, 2.75) is 152 Å². The lowest BCUT2D eigenvalue weighted by Crippen LogP contribution is -2.58. The number of nitrogens with one attached hydrogen (secondary N) is 3. The molecule has 0 bridgehead atoms. The molecule has 2 aromatic carbocycles. The first kappa shape index (κ1) is 43.7. The van der Waals surface area contributed by atoms with Gasteiger partial charge in [-0.25, -0.2) is 18.2 Å². The number of alkyl carbamates (subject to hydrolysis) is 1. The van der Waals surface area contributed by atoms with Crippen LogP contribution in [0.5, 0.6) is 5.88 Å². The highest BCUT2D eigenvalue weighted by Crippen LogP contribution is 2.46. The van der Waals surface area contributed by atoms with Gasteiger partial charge < -0.3 is 29.4 Å². The van der Waals surface area contributed by atoms with E-state index in [0.29, 0.717) is 54.6 Å². The third-order valence-corrected chi connectivity index (χ3v) is 15.3. The second-order valence-electron chi connectivity index (χ2n) is 19.4. The predicted octanol–water partition coefficient (Wildman–Crippen LogP) is 7.04. The number of rotatable bonds is 8.